The van der Waals surface area contributed by atoms with Crippen molar-refractivity contribution in [1.82, 2.24) is 5.32 Å². The van der Waals surface area contributed by atoms with Crippen LogP contribution in [-0.4, -0.2) is 18.5 Å². The van der Waals surface area contributed by atoms with E-state index in [9.17, 15) is 4.79 Å². The van der Waals surface area contributed by atoms with Crippen molar-refractivity contribution in [1.29, 1.82) is 0 Å². The largest absolute Gasteiger partial charge is 0.356 e. The highest BCUT2D eigenvalue weighted by Gasteiger charge is 2.07. The summed E-state index contributed by atoms with van der Waals surface area (Å²) in [7, 11) is 0. The van der Waals surface area contributed by atoms with Gasteiger partial charge in [0.2, 0.25) is 5.91 Å². The van der Waals surface area contributed by atoms with Crippen molar-refractivity contribution < 1.29 is 4.79 Å². The lowest BCUT2D eigenvalue weighted by Crippen LogP contribution is -2.29. The zero-order chi connectivity index (χ0) is 11.0. The summed E-state index contributed by atoms with van der Waals surface area (Å²) in [6, 6.07) is 0.170. The van der Waals surface area contributed by atoms with E-state index < -0.39 is 0 Å². The molecule has 0 bridgehead atoms. The summed E-state index contributed by atoms with van der Waals surface area (Å²) in [5, 5.41) is 2.88. The highest BCUT2D eigenvalue weighted by Crippen LogP contribution is 2.08. The molecule has 3 N–H and O–H groups in total. The molecule has 0 aliphatic carbocycles. The van der Waals surface area contributed by atoms with E-state index in [0.717, 1.165) is 19.3 Å². The number of carbonyl (C=O) groups excluding carboxylic acids is 1. The van der Waals surface area contributed by atoms with Crippen molar-refractivity contribution in [2.24, 2.45) is 11.7 Å². The van der Waals surface area contributed by atoms with Crippen molar-refractivity contribution in [3.05, 3.63) is 0 Å². The molecule has 0 rings (SSSR count). The van der Waals surface area contributed by atoms with Gasteiger partial charge in [0, 0.05) is 19.0 Å². The Hall–Kier alpha value is -0.570. The maximum Gasteiger partial charge on any atom is 0.220 e. The lowest BCUT2D eigenvalue weighted by molar-refractivity contribution is -0.121. The zero-order valence-corrected chi connectivity index (χ0v) is 9.68. The molecular weight excluding hydrogens is 176 g/mol. The van der Waals surface area contributed by atoms with E-state index >= 15 is 0 Å². The highest BCUT2D eigenvalue weighted by atomic mass is 16.1. The van der Waals surface area contributed by atoms with E-state index in [-0.39, 0.29) is 11.9 Å². The Kier molecular flexibility index (Phi) is 7.48. The third kappa shape index (κ3) is 8.05. The van der Waals surface area contributed by atoms with Crippen LogP contribution in [0.2, 0.25) is 0 Å². The SMILES string of the molecule is CCCC(C)CC(=O)NCCC(C)N. The molecule has 0 aromatic carbocycles. The van der Waals surface area contributed by atoms with Gasteiger partial charge >= 0.3 is 0 Å². The minimum absolute atomic E-state index is 0.159. The van der Waals surface area contributed by atoms with Gasteiger partial charge in [-0.05, 0) is 19.3 Å². The number of carbonyl (C=O) groups is 1. The van der Waals surface area contributed by atoms with Gasteiger partial charge in [0.25, 0.3) is 0 Å². The smallest absolute Gasteiger partial charge is 0.220 e. The van der Waals surface area contributed by atoms with Crippen LogP contribution in [0.1, 0.15) is 46.5 Å². The predicted molar refractivity (Wildman–Crippen MR) is 60.0 cm³/mol. The van der Waals surface area contributed by atoms with Gasteiger partial charge in [0.15, 0.2) is 0 Å². The van der Waals surface area contributed by atoms with Gasteiger partial charge in [-0.2, -0.15) is 0 Å². The Morgan fingerprint density at radius 3 is 2.50 bits per heavy atom. The number of hydrogen-bond acceptors (Lipinski definition) is 2. The first kappa shape index (κ1) is 13.4. The number of rotatable bonds is 7. The molecule has 2 atom stereocenters. The minimum Gasteiger partial charge on any atom is -0.356 e. The second-order valence-corrected chi connectivity index (χ2v) is 4.21. The van der Waals surface area contributed by atoms with Gasteiger partial charge in [-0.15, -0.1) is 0 Å². The molecular formula is C11H24N2O. The summed E-state index contributed by atoms with van der Waals surface area (Å²) >= 11 is 0. The minimum atomic E-state index is 0.159. The van der Waals surface area contributed by atoms with Crippen LogP contribution < -0.4 is 11.1 Å². The molecule has 2 unspecified atom stereocenters. The molecule has 3 nitrogen and oxygen atoms in total. The van der Waals surface area contributed by atoms with Crippen molar-refractivity contribution in [2.45, 2.75) is 52.5 Å². The molecule has 0 aliphatic heterocycles. The van der Waals surface area contributed by atoms with Crippen LogP contribution in [0.5, 0.6) is 0 Å². The normalized spacial score (nSPS) is 14.9. The Morgan fingerprint density at radius 2 is 2.00 bits per heavy atom. The molecule has 0 aliphatic rings. The monoisotopic (exact) mass is 200 g/mol. The average molecular weight is 200 g/mol. The van der Waals surface area contributed by atoms with Gasteiger partial charge in [-0.3, -0.25) is 4.79 Å². The molecule has 1 amide bonds. The van der Waals surface area contributed by atoms with E-state index in [4.69, 9.17) is 5.73 Å². The third-order valence-corrected chi connectivity index (χ3v) is 2.24. The molecule has 3 heteroatoms. The number of nitrogens with two attached hydrogens (primary N) is 1. The second kappa shape index (κ2) is 7.80. The molecule has 0 spiro atoms. The molecule has 0 saturated carbocycles. The number of nitrogens with one attached hydrogen (secondary N) is 1. The molecule has 84 valence electrons. The van der Waals surface area contributed by atoms with E-state index in [2.05, 4.69) is 19.2 Å². The molecule has 0 radical (unpaired) electrons. The average Bonchev–Trinajstić information content (AvgIpc) is 2.03. The Morgan fingerprint density at radius 1 is 1.36 bits per heavy atom. The molecule has 14 heavy (non-hydrogen) atoms. The van der Waals surface area contributed by atoms with Gasteiger partial charge in [-0.25, -0.2) is 0 Å². The van der Waals surface area contributed by atoms with Crippen molar-refractivity contribution >= 4 is 5.91 Å². The van der Waals surface area contributed by atoms with Crippen LogP contribution >= 0.6 is 0 Å². The van der Waals surface area contributed by atoms with Crippen LogP contribution in [0.15, 0.2) is 0 Å². The standard InChI is InChI=1S/C11H24N2O/c1-4-5-9(2)8-11(14)13-7-6-10(3)12/h9-10H,4-8,12H2,1-3H3,(H,13,14). The van der Waals surface area contributed by atoms with Crippen LogP contribution in [0.25, 0.3) is 0 Å². The summed E-state index contributed by atoms with van der Waals surface area (Å²) in [6.45, 7) is 6.92. The van der Waals surface area contributed by atoms with Crippen molar-refractivity contribution in [2.75, 3.05) is 6.54 Å². The first-order chi connectivity index (χ1) is 6.56. The fourth-order valence-corrected chi connectivity index (χ4v) is 1.42. The van der Waals surface area contributed by atoms with E-state index in [0.29, 0.717) is 18.9 Å². The predicted octanol–water partition coefficient (Wildman–Crippen LogP) is 1.67. The number of amides is 1. The first-order valence-corrected chi connectivity index (χ1v) is 5.58. The van der Waals surface area contributed by atoms with Crippen molar-refractivity contribution in [3.63, 3.8) is 0 Å². The summed E-state index contributed by atoms with van der Waals surface area (Å²) < 4.78 is 0. The van der Waals surface area contributed by atoms with Crippen LogP contribution in [0, 0.1) is 5.92 Å². The number of hydrogen-bond donors (Lipinski definition) is 2. The molecule has 0 aromatic heterocycles. The van der Waals surface area contributed by atoms with Crippen LogP contribution in [0.3, 0.4) is 0 Å². The van der Waals surface area contributed by atoms with E-state index in [1.165, 1.54) is 0 Å². The second-order valence-electron chi connectivity index (χ2n) is 4.21. The first-order valence-electron chi connectivity index (χ1n) is 5.58. The van der Waals surface area contributed by atoms with E-state index in [1.54, 1.807) is 0 Å². The lowest BCUT2D eigenvalue weighted by atomic mass is 10.0. The molecule has 0 fully saturated rings. The molecule has 0 heterocycles. The van der Waals surface area contributed by atoms with Crippen molar-refractivity contribution in [3.8, 4) is 0 Å². The third-order valence-electron chi connectivity index (χ3n) is 2.24. The summed E-state index contributed by atoms with van der Waals surface area (Å²) in [6.07, 6.45) is 3.77. The van der Waals surface area contributed by atoms with Gasteiger partial charge < -0.3 is 11.1 Å². The summed E-state index contributed by atoms with van der Waals surface area (Å²) in [4.78, 5) is 11.4. The lowest BCUT2D eigenvalue weighted by Gasteiger charge is -2.11. The maximum absolute atomic E-state index is 11.4. The molecule has 0 saturated heterocycles. The maximum atomic E-state index is 11.4. The van der Waals surface area contributed by atoms with Gasteiger partial charge in [0.1, 0.15) is 0 Å². The molecule has 0 aromatic rings. The summed E-state index contributed by atoms with van der Waals surface area (Å²) in [5.41, 5.74) is 5.58. The zero-order valence-electron chi connectivity index (χ0n) is 9.68. The Balaban J connectivity index is 3.45. The summed E-state index contributed by atoms with van der Waals surface area (Å²) in [5.74, 6) is 0.655. The quantitative estimate of drug-likeness (QED) is 0.657. The highest BCUT2D eigenvalue weighted by molar-refractivity contribution is 5.76. The fourth-order valence-electron chi connectivity index (χ4n) is 1.42. The van der Waals surface area contributed by atoms with Crippen LogP contribution in [0.4, 0.5) is 0 Å². The van der Waals surface area contributed by atoms with Gasteiger partial charge in [-0.1, -0.05) is 26.7 Å². The topological polar surface area (TPSA) is 55.1 Å². The Bertz CT molecular complexity index is 157. The fraction of sp³-hybridized carbons (Fsp3) is 0.909. The van der Waals surface area contributed by atoms with Gasteiger partial charge in [0.05, 0.1) is 0 Å². The van der Waals surface area contributed by atoms with E-state index in [1.807, 2.05) is 6.92 Å². The Labute approximate surface area is 87.4 Å². The van der Waals surface area contributed by atoms with Crippen LogP contribution in [-0.2, 0) is 4.79 Å².